The van der Waals surface area contributed by atoms with Crippen molar-refractivity contribution in [3.8, 4) is 11.5 Å². The van der Waals surface area contributed by atoms with Crippen LogP contribution in [0.5, 0.6) is 11.5 Å². The number of nitrogens with one attached hydrogen (secondary N) is 1. The molecule has 1 fully saturated rings. The van der Waals surface area contributed by atoms with Crippen molar-refractivity contribution in [3.05, 3.63) is 63.9 Å². The predicted octanol–water partition coefficient (Wildman–Crippen LogP) is 4.56. The smallest absolute Gasteiger partial charge is 0.275 e. The number of hydrogen-bond acceptors (Lipinski definition) is 6. The minimum Gasteiger partial charge on any atom is -0.503 e. The van der Waals surface area contributed by atoms with E-state index in [0.717, 1.165) is 68.4 Å². The third-order valence-electron chi connectivity index (χ3n) is 7.18. The first-order chi connectivity index (χ1) is 17.5. The van der Waals surface area contributed by atoms with E-state index in [1.165, 1.54) is 6.20 Å². The Labute approximate surface area is 212 Å². The number of carbonyl (C=O) groups excluding carboxylic acids is 1. The molecule has 0 atom stereocenters. The van der Waals surface area contributed by atoms with Crippen LogP contribution in [-0.4, -0.2) is 38.9 Å². The summed E-state index contributed by atoms with van der Waals surface area (Å²) in [7, 11) is 0. The summed E-state index contributed by atoms with van der Waals surface area (Å²) in [6.07, 6.45) is 20.5. The second kappa shape index (κ2) is 12.0. The molecule has 8 nitrogen and oxygen atoms in total. The highest BCUT2D eigenvalue weighted by Crippen LogP contribution is 2.43. The van der Waals surface area contributed by atoms with Gasteiger partial charge in [0.2, 0.25) is 0 Å². The molecule has 1 aliphatic heterocycles. The molecular weight excluding hydrogens is 456 g/mol. The Morgan fingerprint density at radius 3 is 2.64 bits per heavy atom. The standard InChI is InChI=1S/C28H36N4O4/c1-21-22-11-5-2-3-6-13-28(14-7-8-15-28)20-32-19-23(33)26(34)25(31-32)27(35)30-16-9-4-10-18-36-24(22)12-17-29-21/h4-5,10-12,17,19,33H,2-3,6-9,13-16,18,20H2,1H3,(H,30,35)/b10-4+,11-5-. The van der Waals surface area contributed by atoms with Gasteiger partial charge in [0.1, 0.15) is 12.4 Å². The summed E-state index contributed by atoms with van der Waals surface area (Å²) in [4.78, 5) is 29.5. The zero-order chi connectivity index (χ0) is 25.4. The van der Waals surface area contributed by atoms with Gasteiger partial charge in [-0.05, 0) is 56.9 Å². The van der Waals surface area contributed by atoms with Gasteiger partial charge in [-0.3, -0.25) is 19.3 Å². The minimum atomic E-state index is -0.734. The number of aromatic hydroxyl groups is 1. The van der Waals surface area contributed by atoms with Crippen LogP contribution in [0.15, 0.2) is 41.5 Å². The Morgan fingerprint density at radius 1 is 1.06 bits per heavy atom. The first-order valence-corrected chi connectivity index (χ1v) is 13.0. The van der Waals surface area contributed by atoms with Gasteiger partial charge in [-0.2, -0.15) is 5.10 Å². The molecule has 8 heteroatoms. The van der Waals surface area contributed by atoms with E-state index < -0.39 is 17.1 Å². The number of amides is 1. The van der Waals surface area contributed by atoms with Crippen molar-refractivity contribution in [2.24, 2.45) is 5.41 Å². The molecular formula is C28H36N4O4. The third kappa shape index (κ3) is 6.42. The van der Waals surface area contributed by atoms with Crippen molar-refractivity contribution in [1.29, 1.82) is 0 Å². The van der Waals surface area contributed by atoms with Crippen molar-refractivity contribution in [3.63, 3.8) is 0 Å². The molecule has 2 bridgehead atoms. The maximum absolute atomic E-state index is 12.7. The fourth-order valence-corrected chi connectivity index (χ4v) is 5.23. The molecule has 4 rings (SSSR count). The summed E-state index contributed by atoms with van der Waals surface area (Å²) in [6.45, 7) is 3.33. The zero-order valence-corrected chi connectivity index (χ0v) is 21.0. The van der Waals surface area contributed by atoms with E-state index in [2.05, 4.69) is 27.6 Å². The van der Waals surface area contributed by atoms with Crippen LogP contribution in [0.25, 0.3) is 6.08 Å². The average molecular weight is 493 g/mol. The molecule has 2 N–H and O–H groups in total. The first kappa shape index (κ1) is 25.7. The van der Waals surface area contributed by atoms with E-state index in [4.69, 9.17) is 4.74 Å². The number of aromatic nitrogens is 3. The molecule has 0 saturated heterocycles. The van der Waals surface area contributed by atoms with Crippen LogP contribution >= 0.6 is 0 Å². The second-order valence-corrected chi connectivity index (χ2v) is 9.88. The molecule has 0 unspecified atom stereocenters. The number of ether oxygens (including phenoxy) is 1. The van der Waals surface area contributed by atoms with Gasteiger partial charge in [-0.15, -0.1) is 0 Å². The molecule has 1 spiro atoms. The molecule has 3 heterocycles. The molecule has 1 aliphatic carbocycles. The van der Waals surface area contributed by atoms with Crippen LogP contribution in [0.3, 0.4) is 0 Å². The number of nitrogens with zero attached hydrogens (tertiary/aromatic N) is 3. The van der Waals surface area contributed by atoms with E-state index in [1.807, 2.05) is 25.1 Å². The van der Waals surface area contributed by atoms with Crippen molar-refractivity contribution in [2.45, 2.75) is 71.3 Å². The molecule has 2 aliphatic rings. The lowest BCUT2D eigenvalue weighted by Crippen LogP contribution is -2.33. The van der Waals surface area contributed by atoms with Gasteiger partial charge in [0.05, 0.1) is 6.20 Å². The van der Waals surface area contributed by atoms with Crippen LogP contribution in [0.1, 0.15) is 79.5 Å². The van der Waals surface area contributed by atoms with Gasteiger partial charge in [-0.25, -0.2) is 0 Å². The molecule has 192 valence electrons. The largest absolute Gasteiger partial charge is 0.503 e. The summed E-state index contributed by atoms with van der Waals surface area (Å²) in [5, 5.41) is 17.3. The summed E-state index contributed by atoms with van der Waals surface area (Å²) < 4.78 is 7.56. The fourth-order valence-electron chi connectivity index (χ4n) is 5.23. The summed E-state index contributed by atoms with van der Waals surface area (Å²) >= 11 is 0. The average Bonchev–Trinajstić information content (AvgIpc) is 3.31. The van der Waals surface area contributed by atoms with Gasteiger partial charge in [0, 0.05) is 30.5 Å². The lowest BCUT2D eigenvalue weighted by molar-refractivity contribution is 0.0943. The number of rotatable bonds is 0. The van der Waals surface area contributed by atoms with Crippen molar-refractivity contribution in [2.75, 3.05) is 13.2 Å². The van der Waals surface area contributed by atoms with Gasteiger partial charge in [-0.1, -0.05) is 43.6 Å². The Balaban J connectivity index is 1.55. The highest BCUT2D eigenvalue weighted by Gasteiger charge is 2.34. The van der Waals surface area contributed by atoms with Crippen molar-refractivity contribution < 1.29 is 14.6 Å². The van der Waals surface area contributed by atoms with E-state index in [1.54, 1.807) is 10.9 Å². The Hall–Kier alpha value is -3.42. The van der Waals surface area contributed by atoms with Gasteiger partial charge >= 0.3 is 0 Å². The number of pyridine rings is 1. The van der Waals surface area contributed by atoms with Gasteiger partial charge < -0.3 is 15.2 Å². The van der Waals surface area contributed by atoms with Crippen LogP contribution in [0.2, 0.25) is 0 Å². The molecule has 0 aromatic carbocycles. The zero-order valence-electron chi connectivity index (χ0n) is 21.0. The molecule has 2 aromatic rings. The lowest BCUT2D eigenvalue weighted by Gasteiger charge is -2.29. The van der Waals surface area contributed by atoms with Crippen molar-refractivity contribution >= 4 is 12.0 Å². The van der Waals surface area contributed by atoms with Crippen molar-refractivity contribution in [1.82, 2.24) is 20.1 Å². The maximum Gasteiger partial charge on any atom is 0.275 e. The quantitative estimate of drug-likeness (QED) is 0.523. The van der Waals surface area contributed by atoms with Crippen LogP contribution in [-0.2, 0) is 6.54 Å². The van der Waals surface area contributed by atoms with E-state index in [-0.39, 0.29) is 11.1 Å². The van der Waals surface area contributed by atoms with Crippen LogP contribution in [0, 0.1) is 12.3 Å². The molecule has 0 radical (unpaired) electrons. The highest BCUT2D eigenvalue weighted by molar-refractivity contribution is 5.92. The fraction of sp³-hybridized carbons (Fsp3) is 0.500. The number of carbonyl (C=O) groups is 1. The molecule has 2 aromatic heterocycles. The first-order valence-electron chi connectivity index (χ1n) is 13.0. The van der Waals surface area contributed by atoms with Gasteiger partial charge in [0.15, 0.2) is 11.4 Å². The SMILES string of the molecule is Cc1nccc2c1/C=C\CCCCC1(CCCC1)Cn1cc(O)c(=O)c(n1)C(=O)NCC/C=C/CO2. The van der Waals surface area contributed by atoms with Crippen LogP contribution < -0.4 is 15.5 Å². The highest BCUT2D eigenvalue weighted by atomic mass is 16.5. The summed E-state index contributed by atoms with van der Waals surface area (Å²) in [6, 6.07) is 1.88. The normalized spacial score (nSPS) is 21.0. The number of fused-ring (bicyclic) bond motifs is 3. The predicted molar refractivity (Wildman–Crippen MR) is 139 cm³/mol. The summed E-state index contributed by atoms with van der Waals surface area (Å²) in [5.74, 6) is -0.200. The monoisotopic (exact) mass is 492 g/mol. The van der Waals surface area contributed by atoms with Gasteiger partial charge in [0.25, 0.3) is 11.3 Å². The summed E-state index contributed by atoms with van der Waals surface area (Å²) in [5.41, 5.74) is 1.02. The molecule has 36 heavy (non-hydrogen) atoms. The third-order valence-corrected chi connectivity index (χ3v) is 7.18. The lowest BCUT2D eigenvalue weighted by atomic mass is 9.81. The van der Waals surface area contributed by atoms with E-state index >= 15 is 0 Å². The number of allylic oxidation sites excluding steroid dienone is 1. The van der Waals surface area contributed by atoms with Crippen LogP contribution in [0.4, 0.5) is 0 Å². The topological polar surface area (TPSA) is 106 Å². The maximum atomic E-state index is 12.7. The minimum absolute atomic E-state index is 0.0659. The Bertz CT molecular complexity index is 1180. The van der Waals surface area contributed by atoms with E-state index in [0.29, 0.717) is 26.1 Å². The number of hydrogen-bond donors (Lipinski definition) is 2. The Kier molecular flexibility index (Phi) is 8.57. The molecule has 1 saturated carbocycles. The number of aryl methyl sites for hydroxylation is 1. The van der Waals surface area contributed by atoms with E-state index in [9.17, 15) is 14.7 Å². The molecule has 1 amide bonds. The second-order valence-electron chi connectivity index (χ2n) is 9.88. The Morgan fingerprint density at radius 2 is 1.83 bits per heavy atom.